The van der Waals surface area contributed by atoms with E-state index in [9.17, 15) is 20.1 Å². The number of phenols is 2. The predicted molar refractivity (Wildman–Crippen MR) is 136 cm³/mol. The van der Waals surface area contributed by atoms with Crippen LogP contribution in [0.2, 0.25) is 0 Å². The summed E-state index contributed by atoms with van der Waals surface area (Å²) in [6, 6.07) is 19.6. The third kappa shape index (κ3) is 8.31. The Balaban J connectivity index is 1.51. The molecule has 7 heteroatoms. The fourth-order valence-corrected chi connectivity index (χ4v) is 3.92. The number of hydrogen-bond donors (Lipinski definition) is 5. The maximum Gasteiger partial charge on any atom is 0.224 e. The first-order valence-electron chi connectivity index (χ1n) is 11.6. The van der Waals surface area contributed by atoms with Gasteiger partial charge in [-0.3, -0.25) is 4.79 Å². The minimum Gasteiger partial charge on any atom is -0.508 e. The molecule has 3 aromatic carbocycles. The summed E-state index contributed by atoms with van der Waals surface area (Å²) in [5, 5.41) is 36.1. The summed E-state index contributed by atoms with van der Waals surface area (Å²) in [5.41, 5.74) is 3.11. The van der Waals surface area contributed by atoms with Gasteiger partial charge >= 0.3 is 0 Å². The Morgan fingerprint density at radius 3 is 2.26 bits per heavy atom. The van der Waals surface area contributed by atoms with Crippen molar-refractivity contribution in [2.45, 2.75) is 44.9 Å². The molecule has 186 valence electrons. The fraction of sp³-hybridized carbons (Fsp3) is 0.321. The van der Waals surface area contributed by atoms with Gasteiger partial charge in [0.05, 0.1) is 19.6 Å². The van der Waals surface area contributed by atoms with Crippen molar-refractivity contribution >= 4 is 5.91 Å². The van der Waals surface area contributed by atoms with Gasteiger partial charge in [0.2, 0.25) is 5.91 Å². The lowest BCUT2D eigenvalue weighted by Gasteiger charge is -2.28. The van der Waals surface area contributed by atoms with Crippen molar-refractivity contribution in [2.24, 2.45) is 0 Å². The lowest BCUT2D eigenvalue weighted by Crippen LogP contribution is -2.43. The van der Waals surface area contributed by atoms with E-state index in [1.54, 1.807) is 7.11 Å². The average molecular weight is 479 g/mol. The molecule has 0 aliphatic rings. The zero-order valence-electron chi connectivity index (χ0n) is 20.4. The van der Waals surface area contributed by atoms with Crippen molar-refractivity contribution in [3.8, 4) is 17.2 Å². The van der Waals surface area contributed by atoms with Crippen LogP contribution in [-0.2, 0) is 24.2 Å². The van der Waals surface area contributed by atoms with Gasteiger partial charge in [-0.1, -0.05) is 36.4 Å². The lowest BCUT2D eigenvalue weighted by molar-refractivity contribution is -0.120. The molecule has 0 saturated carbocycles. The van der Waals surface area contributed by atoms with Gasteiger partial charge in [0.25, 0.3) is 0 Å². The molecular weight excluding hydrogens is 444 g/mol. The maximum atomic E-state index is 12.5. The molecule has 0 fully saturated rings. The molecule has 0 heterocycles. The van der Waals surface area contributed by atoms with E-state index in [1.807, 2.05) is 62.4 Å². The number of methoxy groups -OCH3 is 1. The summed E-state index contributed by atoms with van der Waals surface area (Å²) in [7, 11) is 1.62. The van der Waals surface area contributed by atoms with Crippen molar-refractivity contribution in [1.29, 1.82) is 0 Å². The van der Waals surface area contributed by atoms with Gasteiger partial charge in [0.1, 0.15) is 17.2 Å². The van der Waals surface area contributed by atoms with E-state index >= 15 is 0 Å². The van der Waals surface area contributed by atoms with E-state index in [1.165, 1.54) is 18.2 Å². The summed E-state index contributed by atoms with van der Waals surface area (Å²) in [4.78, 5) is 12.5. The Hall–Kier alpha value is -3.55. The van der Waals surface area contributed by atoms with Crippen LogP contribution in [0.5, 0.6) is 17.2 Å². The van der Waals surface area contributed by atoms with Gasteiger partial charge in [-0.15, -0.1) is 0 Å². The molecule has 0 aliphatic carbocycles. The topological polar surface area (TPSA) is 111 Å². The first-order chi connectivity index (χ1) is 16.6. The smallest absolute Gasteiger partial charge is 0.224 e. The SMILES string of the molecule is COc1ccc(CNC(=O)Cc2cccc(CC(C)(C)NCC(O)c3cc(O)cc(O)c3)c2)cc1. The quantitative estimate of drug-likeness (QED) is 0.288. The Bertz CT molecular complexity index is 1110. The number of amides is 1. The summed E-state index contributed by atoms with van der Waals surface area (Å²) in [6.07, 6.45) is 0.0946. The number of aromatic hydroxyl groups is 2. The zero-order chi connectivity index (χ0) is 25.4. The molecule has 0 bridgehead atoms. The highest BCUT2D eigenvalue weighted by Gasteiger charge is 2.20. The van der Waals surface area contributed by atoms with Gasteiger partial charge < -0.3 is 30.7 Å². The summed E-state index contributed by atoms with van der Waals surface area (Å²) in [6.45, 7) is 4.78. The molecule has 0 aliphatic heterocycles. The van der Waals surface area contributed by atoms with Crippen LogP contribution in [0.15, 0.2) is 66.7 Å². The van der Waals surface area contributed by atoms with Gasteiger partial charge in [-0.2, -0.15) is 0 Å². The van der Waals surface area contributed by atoms with Crippen LogP contribution in [-0.4, -0.2) is 40.4 Å². The van der Waals surface area contributed by atoms with E-state index in [-0.39, 0.29) is 35.9 Å². The molecule has 1 atom stereocenters. The zero-order valence-corrected chi connectivity index (χ0v) is 20.4. The number of ether oxygens (including phenoxy) is 1. The van der Waals surface area contributed by atoms with Crippen molar-refractivity contribution in [1.82, 2.24) is 10.6 Å². The largest absolute Gasteiger partial charge is 0.508 e. The molecule has 3 rings (SSSR count). The summed E-state index contributed by atoms with van der Waals surface area (Å²) < 4.78 is 5.15. The summed E-state index contributed by atoms with van der Waals surface area (Å²) >= 11 is 0. The molecule has 5 N–H and O–H groups in total. The van der Waals surface area contributed by atoms with Crippen molar-refractivity contribution in [2.75, 3.05) is 13.7 Å². The van der Waals surface area contributed by atoms with Crippen LogP contribution < -0.4 is 15.4 Å². The number of hydrogen-bond acceptors (Lipinski definition) is 6. The highest BCUT2D eigenvalue weighted by Crippen LogP contribution is 2.25. The first-order valence-corrected chi connectivity index (χ1v) is 11.6. The predicted octanol–water partition coefficient (Wildman–Crippen LogP) is 3.61. The third-order valence-corrected chi connectivity index (χ3v) is 5.73. The van der Waals surface area contributed by atoms with Crippen LogP contribution in [0.3, 0.4) is 0 Å². The molecule has 0 aromatic heterocycles. The molecule has 1 amide bonds. The Labute approximate surface area is 206 Å². The molecule has 3 aromatic rings. The molecule has 1 unspecified atom stereocenters. The highest BCUT2D eigenvalue weighted by atomic mass is 16.5. The number of benzene rings is 3. The number of phenolic OH excluding ortho intramolecular Hbond substituents is 2. The van der Waals surface area contributed by atoms with Crippen molar-refractivity contribution in [3.63, 3.8) is 0 Å². The molecular formula is C28H34N2O5. The van der Waals surface area contributed by atoms with Crippen molar-refractivity contribution in [3.05, 3.63) is 89.0 Å². The molecule has 7 nitrogen and oxygen atoms in total. The van der Waals surface area contributed by atoms with Gasteiger partial charge in [-0.25, -0.2) is 0 Å². The van der Waals surface area contributed by atoms with Crippen LogP contribution in [0.4, 0.5) is 0 Å². The van der Waals surface area contributed by atoms with Gasteiger partial charge in [0.15, 0.2) is 0 Å². The number of β-amino-alcohol motifs (C(OH)–C–C–N with tert-alkyl or cyclic N) is 1. The second-order valence-electron chi connectivity index (χ2n) is 9.36. The van der Waals surface area contributed by atoms with Gasteiger partial charge in [0, 0.05) is 24.7 Å². The number of nitrogens with one attached hydrogen (secondary N) is 2. The van der Waals surface area contributed by atoms with Crippen LogP contribution in [0.1, 0.15) is 42.2 Å². The Morgan fingerprint density at radius 1 is 0.943 bits per heavy atom. The van der Waals surface area contributed by atoms with E-state index in [4.69, 9.17) is 4.74 Å². The molecule has 35 heavy (non-hydrogen) atoms. The number of carbonyl (C=O) groups excluding carboxylic acids is 1. The van der Waals surface area contributed by atoms with Crippen molar-refractivity contribution < 1.29 is 24.9 Å². The van der Waals surface area contributed by atoms with E-state index in [0.29, 0.717) is 18.5 Å². The Morgan fingerprint density at radius 2 is 1.60 bits per heavy atom. The number of rotatable bonds is 11. The molecule has 0 saturated heterocycles. The number of aliphatic hydroxyl groups excluding tert-OH is 1. The monoisotopic (exact) mass is 478 g/mol. The van der Waals surface area contributed by atoms with Crippen LogP contribution in [0, 0.1) is 0 Å². The van der Waals surface area contributed by atoms with E-state index in [2.05, 4.69) is 10.6 Å². The minimum absolute atomic E-state index is 0.0483. The summed E-state index contributed by atoms with van der Waals surface area (Å²) in [5.74, 6) is 0.543. The molecule has 0 radical (unpaired) electrons. The van der Waals surface area contributed by atoms with Crippen LogP contribution in [0.25, 0.3) is 0 Å². The first kappa shape index (κ1) is 26.1. The minimum atomic E-state index is -0.881. The number of aliphatic hydroxyl groups is 1. The third-order valence-electron chi connectivity index (χ3n) is 5.73. The second kappa shape index (κ2) is 11.7. The van der Waals surface area contributed by atoms with Gasteiger partial charge in [-0.05, 0) is 66.8 Å². The average Bonchev–Trinajstić information content (AvgIpc) is 2.81. The standard InChI is InChI=1S/C28H34N2O5/c1-28(2,30-18-26(33)22-13-23(31)15-24(32)14-22)16-21-6-4-5-20(11-21)12-27(34)29-17-19-7-9-25(35-3)10-8-19/h4-11,13-15,26,30-33H,12,16-18H2,1-3H3,(H,29,34). The van der Waals surface area contributed by atoms with E-state index in [0.717, 1.165) is 22.4 Å². The second-order valence-corrected chi connectivity index (χ2v) is 9.36. The maximum absolute atomic E-state index is 12.5. The molecule has 0 spiro atoms. The number of carbonyl (C=O) groups is 1. The normalized spacial score (nSPS) is 12.2. The lowest BCUT2D eigenvalue weighted by atomic mass is 9.93. The highest BCUT2D eigenvalue weighted by molar-refractivity contribution is 5.78. The Kier molecular flexibility index (Phi) is 8.73. The van der Waals surface area contributed by atoms with E-state index < -0.39 is 6.10 Å². The van der Waals surface area contributed by atoms with Crippen LogP contribution >= 0.6 is 0 Å². The fourth-order valence-electron chi connectivity index (χ4n) is 3.92.